The second kappa shape index (κ2) is 10.1. The van der Waals surface area contributed by atoms with Gasteiger partial charge in [0.1, 0.15) is 20.7 Å². The van der Waals surface area contributed by atoms with Gasteiger partial charge >= 0.3 is 6.18 Å². The molecule has 0 spiro atoms. The molecule has 38 heavy (non-hydrogen) atoms. The summed E-state index contributed by atoms with van der Waals surface area (Å²) in [5, 5.41) is 0.135. The molecule has 0 bridgehead atoms. The van der Waals surface area contributed by atoms with E-state index in [9.17, 15) is 21.6 Å². The summed E-state index contributed by atoms with van der Waals surface area (Å²) in [5.74, 6) is 0.446. The zero-order chi connectivity index (χ0) is 27.1. The predicted octanol–water partition coefficient (Wildman–Crippen LogP) is 8.28. The number of anilines is 1. The average Bonchev–Trinajstić information content (AvgIpc) is 3.29. The Balaban J connectivity index is 1.39. The van der Waals surface area contributed by atoms with E-state index in [4.69, 9.17) is 27.9 Å². The van der Waals surface area contributed by atoms with Gasteiger partial charge < -0.3 is 4.74 Å². The predicted molar refractivity (Wildman–Crippen MR) is 142 cm³/mol. The molecule has 5 rings (SSSR count). The molecule has 0 saturated heterocycles. The number of sulfonamides is 1. The monoisotopic (exact) mass is 595 g/mol. The van der Waals surface area contributed by atoms with Crippen molar-refractivity contribution in [2.24, 2.45) is 0 Å². The molecule has 2 heterocycles. The van der Waals surface area contributed by atoms with Crippen LogP contribution in [-0.2, 0) is 16.2 Å². The first-order valence-electron chi connectivity index (χ1n) is 10.7. The second-order valence-corrected chi connectivity index (χ2v) is 11.3. The summed E-state index contributed by atoms with van der Waals surface area (Å²) in [6.45, 7) is 0. The Morgan fingerprint density at radius 3 is 2.37 bits per heavy atom. The van der Waals surface area contributed by atoms with E-state index >= 15 is 0 Å². The van der Waals surface area contributed by atoms with Gasteiger partial charge in [0.25, 0.3) is 10.0 Å². The Hall–Kier alpha value is -3.38. The summed E-state index contributed by atoms with van der Waals surface area (Å²) >= 11 is 13.7. The summed E-state index contributed by atoms with van der Waals surface area (Å²) in [4.78, 5) is 8.24. The van der Waals surface area contributed by atoms with Crippen molar-refractivity contribution >= 4 is 60.5 Å². The first kappa shape index (κ1) is 26.2. The van der Waals surface area contributed by atoms with Crippen LogP contribution in [-0.4, -0.2) is 18.4 Å². The third kappa shape index (κ3) is 5.41. The van der Waals surface area contributed by atoms with Crippen LogP contribution in [0.2, 0.25) is 10.0 Å². The molecule has 0 atom stereocenters. The average molecular weight is 596 g/mol. The van der Waals surface area contributed by atoms with E-state index in [2.05, 4.69) is 14.7 Å². The van der Waals surface area contributed by atoms with Crippen molar-refractivity contribution in [1.82, 2.24) is 9.97 Å². The van der Waals surface area contributed by atoms with Gasteiger partial charge in [-0.3, -0.25) is 4.72 Å². The molecule has 0 aliphatic heterocycles. The first-order chi connectivity index (χ1) is 18.0. The van der Waals surface area contributed by atoms with Gasteiger partial charge in [-0.05, 0) is 48.5 Å². The highest BCUT2D eigenvalue weighted by Gasteiger charge is 2.32. The topological polar surface area (TPSA) is 81.2 Å². The van der Waals surface area contributed by atoms with E-state index in [1.165, 1.54) is 17.4 Å². The zero-order valence-electron chi connectivity index (χ0n) is 18.8. The number of ether oxygens (including phenoxy) is 1. The van der Waals surface area contributed by atoms with E-state index in [0.29, 0.717) is 23.4 Å². The molecule has 0 saturated carbocycles. The van der Waals surface area contributed by atoms with E-state index in [-0.39, 0.29) is 16.6 Å². The molecule has 0 aliphatic rings. The van der Waals surface area contributed by atoms with Crippen molar-refractivity contribution < 1.29 is 26.3 Å². The van der Waals surface area contributed by atoms with E-state index in [0.717, 1.165) is 27.5 Å². The van der Waals surface area contributed by atoms with E-state index in [1.54, 1.807) is 12.1 Å². The van der Waals surface area contributed by atoms with Crippen molar-refractivity contribution in [2.75, 3.05) is 4.72 Å². The Labute approximate surface area is 228 Å². The number of para-hydroxylation sites is 2. The summed E-state index contributed by atoms with van der Waals surface area (Å²) in [7, 11) is -4.35. The van der Waals surface area contributed by atoms with E-state index < -0.39 is 31.7 Å². The molecular weight excluding hydrogens is 582 g/mol. The molecule has 13 heteroatoms. The summed E-state index contributed by atoms with van der Waals surface area (Å²) in [5.41, 5.74) is 0.452. The number of hydrogen-bond acceptors (Lipinski definition) is 6. The van der Waals surface area contributed by atoms with Crippen LogP contribution in [0.4, 0.5) is 18.9 Å². The third-order valence-corrected chi connectivity index (χ3v) is 8.43. The lowest BCUT2D eigenvalue weighted by Crippen LogP contribution is -2.14. The number of pyridine rings is 1. The van der Waals surface area contributed by atoms with Crippen molar-refractivity contribution in [2.45, 2.75) is 11.1 Å². The summed E-state index contributed by atoms with van der Waals surface area (Å²) < 4.78 is 73.4. The number of hydrogen-bond donors (Lipinski definition) is 1. The Kier molecular flexibility index (Phi) is 6.95. The molecule has 0 fully saturated rings. The van der Waals surface area contributed by atoms with Crippen LogP contribution in [0.1, 0.15) is 5.56 Å². The van der Waals surface area contributed by atoms with Gasteiger partial charge in [0.2, 0.25) is 5.88 Å². The lowest BCUT2D eigenvalue weighted by Gasteiger charge is -2.13. The minimum atomic E-state index is -4.67. The van der Waals surface area contributed by atoms with Crippen molar-refractivity contribution in [3.05, 3.63) is 94.6 Å². The van der Waals surface area contributed by atoms with Gasteiger partial charge in [-0.15, -0.1) is 11.3 Å². The van der Waals surface area contributed by atoms with Crippen LogP contribution >= 0.6 is 34.5 Å². The fourth-order valence-electron chi connectivity index (χ4n) is 3.49. The second-order valence-electron chi connectivity index (χ2n) is 7.84. The van der Waals surface area contributed by atoms with Gasteiger partial charge in [-0.1, -0.05) is 47.5 Å². The van der Waals surface area contributed by atoms with Gasteiger partial charge in [0.05, 0.1) is 38.3 Å². The lowest BCUT2D eigenvalue weighted by molar-refractivity contribution is -0.137. The highest BCUT2D eigenvalue weighted by molar-refractivity contribution is 7.92. The highest BCUT2D eigenvalue weighted by atomic mass is 35.5. The number of benzene rings is 3. The Bertz CT molecular complexity index is 1740. The van der Waals surface area contributed by atoms with Crippen LogP contribution in [0.5, 0.6) is 11.6 Å². The maximum atomic E-state index is 12.9. The summed E-state index contributed by atoms with van der Waals surface area (Å²) in [6, 6.07) is 18.1. The number of nitrogens with zero attached hydrogens (tertiary/aromatic N) is 2. The number of nitrogens with one attached hydrogen (secondary N) is 1. The quantitative estimate of drug-likeness (QED) is 0.213. The molecule has 0 unspecified atom stereocenters. The van der Waals surface area contributed by atoms with E-state index in [1.807, 2.05) is 36.4 Å². The number of thiazole rings is 1. The molecule has 2 aromatic heterocycles. The molecule has 194 valence electrons. The fourth-order valence-corrected chi connectivity index (χ4v) is 6.27. The normalized spacial score (nSPS) is 12.0. The molecule has 0 radical (unpaired) electrons. The van der Waals surface area contributed by atoms with Crippen molar-refractivity contribution in [3.63, 3.8) is 0 Å². The molecule has 1 N–H and O–H groups in total. The highest BCUT2D eigenvalue weighted by Crippen LogP contribution is 2.39. The minimum Gasteiger partial charge on any atom is -0.437 e. The molecule has 0 amide bonds. The van der Waals surface area contributed by atoms with Crippen molar-refractivity contribution in [1.29, 1.82) is 0 Å². The van der Waals surface area contributed by atoms with Crippen LogP contribution in [0.3, 0.4) is 0 Å². The van der Waals surface area contributed by atoms with Gasteiger partial charge in [-0.2, -0.15) is 13.2 Å². The van der Waals surface area contributed by atoms with Crippen molar-refractivity contribution in [3.8, 4) is 22.2 Å². The lowest BCUT2D eigenvalue weighted by atomic mass is 10.2. The smallest absolute Gasteiger partial charge is 0.416 e. The first-order valence-corrected chi connectivity index (χ1v) is 13.7. The SMILES string of the molecule is O=S(=O)(Nc1cnc(Oc2ccccc2-c2nc3ccccc3s2)c(Cl)c1)c1ccc(C(F)(F)F)cc1Cl. The molecule has 3 aromatic carbocycles. The number of aromatic nitrogens is 2. The van der Waals surface area contributed by atoms with Gasteiger partial charge in [-0.25, -0.2) is 18.4 Å². The van der Waals surface area contributed by atoms with Crippen LogP contribution in [0.25, 0.3) is 20.8 Å². The largest absolute Gasteiger partial charge is 0.437 e. The zero-order valence-corrected chi connectivity index (χ0v) is 22.0. The number of rotatable bonds is 6. The third-order valence-electron chi connectivity index (χ3n) is 5.23. The number of alkyl halides is 3. The van der Waals surface area contributed by atoms with Crippen LogP contribution < -0.4 is 9.46 Å². The van der Waals surface area contributed by atoms with Gasteiger partial charge in [0, 0.05) is 0 Å². The Morgan fingerprint density at radius 1 is 0.921 bits per heavy atom. The maximum Gasteiger partial charge on any atom is 0.416 e. The minimum absolute atomic E-state index is 0.00994. The van der Waals surface area contributed by atoms with Crippen LogP contribution in [0.15, 0.2) is 83.9 Å². The van der Waals surface area contributed by atoms with Gasteiger partial charge in [0.15, 0.2) is 0 Å². The molecule has 0 aliphatic carbocycles. The standard InChI is InChI=1S/C25H14Cl2F3N3O3S2/c26-17-11-14(25(28,29)30)9-10-22(17)38(34,35)33-15-12-18(27)23(31-13-15)36-20-7-3-1-5-16(20)24-32-19-6-2-4-8-21(19)37-24/h1-13,33H. The maximum absolute atomic E-state index is 12.9. The summed E-state index contributed by atoms with van der Waals surface area (Å²) in [6.07, 6.45) is -3.50. The molecule has 6 nitrogen and oxygen atoms in total. The Morgan fingerprint density at radius 2 is 1.66 bits per heavy atom. The number of fused-ring (bicyclic) bond motifs is 1. The number of halogens is 5. The fraction of sp³-hybridized carbons (Fsp3) is 0.0400. The molecular formula is C25H14Cl2F3N3O3S2. The molecule has 5 aromatic rings. The van der Waals surface area contributed by atoms with Crippen LogP contribution in [0, 0.1) is 0 Å².